The maximum atomic E-state index is 11.8. The lowest BCUT2D eigenvalue weighted by Crippen LogP contribution is -2.45. The van der Waals surface area contributed by atoms with Gasteiger partial charge in [0.05, 0.1) is 6.04 Å². The number of benzene rings is 1. The molecule has 0 spiro atoms. The first-order valence-electron chi connectivity index (χ1n) is 6.81. The largest absolute Gasteiger partial charge is 0.484 e. The zero-order valence-corrected chi connectivity index (χ0v) is 12.8. The number of hydrogen-bond acceptors (Lipinski definition) is 3. The van der Waals surface area contributed by atoms with E-state index >= 15 is 0 Å². The Balaban J connectivity index is 2.54. The number of rotatable bonds is 6. The summed E-state index contributed by atoms with van der Waals surface area (Å²) in [5.41, 5.74) is 2.30. The molecule has 1 aromatic carbocycles. The van der Waals surface area contributed by atoms with E-state index in [1.165, 1.54) is 12.5 Å². The Morgan fingerprint density at radius 2 is 1.85 bits per heavy atom. The topological polar surface area (TPSA) is 55.4 Å². The fraction of sp³-hybridized carbons (Fsp3) is 0.500. The van der Waals surface area contributed by atoms with Gasteiger partial charge >= 0.3 is 0 Å². The minimum Gasteiger partial charge on any atom is -0.484 e. The number of ketones is 1. The zero-order valence-electron chi connectivity index (χ0n) is 12.8. The van der Waals surface area contributed by atoms with Gasteiger partial charge in [0.1, 0.15) is 5.75 Å². The molecule has 0 aliphatic rings. The molecule has 1 rings (SSSR count). The molecule has 20 heavy (non-hydrogen) atoms. The molecule has 0 bridgehead atoms. The smallest absolute Gasteiger partial charge is 0.258 e. The van der Waals surface area contributed by atoms with Crippen molar-refractivity contribution in [2.24, 2.45) is 5.92 Å². The summed E-state index contributed by atoms with van der Waals surface area (Å²) in [5, 5.41) is 2.70. The first-order chi connectivity index (χ1) is 9.31. The number of nitrogens with one attached hydrogen (secondary N) is 1. The Bertz CT molecular complexity index is 494. The van der Waals surface area contributed by atoms with Crippen LogP contribution in [0.3, 0.4) is 0 Å². The molecule has 0 radical (unpaired) electrons. The second kappa shape index (κ2) is 7.08. The Hall–Kier alpha value is -1.84. The van der Waals surface area contributed by atoms with E-state index in [0.717, 1.165) is 5.56 Å². The molecule has 0 heterocycles. The van der Waals surface area contributed by atoms with Crippen LogP contribution in [0.25, 0.3) is 0 Å². The molecular formula is C16H23NO3. The predicted octanol–water partition coefficient (Wildman–Crippen LogP) is 2.41. The van der Waals surface area contributed by atoms with Gasteiger partial charge in [0, 0.05) is 0 Å². The van der Waals surface area contributed by atoms with E-state index in [0.29, 0.717) is 5.75 Å². The maximum absolute atomic E-state index is 11.8. The van der Waals surface area contributed by atoms with Crippen molar-refractivity contribution >= 4 is 11.7 Å². The molecule has 1 amide bonds. The van der Waals surface area contributed by atoms with Gasteiger partial charge in [-0.1, -0.05) is 19.9 Å². The van der Waals surface area contributed by atoms with Crippen molar-refractivity contribution in [1.29, 1.82) is 0 Å². The number of ether oxygens (including phenoxy) is 1. The Morgan fingerprint density at radius 1 is 1.20 bits per heavy atom. The SMILES string of the molecule is CC(=O)C(NC(=O)COc1ccc(C)c(C)c1)C(C)C. The van der Waals surface area contributed by atoms with Crippen molar-refractivity contribution in [1.82, 2.24) is 5.32 Å². The van der Waals surface area contributed by atoms with Crippen LogP contribution in [-0.4, -0.2) is 24.3 Å². The van der Waals surface area contributed by atoms with Gasteiger partial charge in [-0.25, -0.2) is 0 Å². The number of aryl methyl sites for hydroxylation is 2. The fourth-order valence-electron chi connectivity index (χ4n) is 1.91. The summed E-state index contributed by atoms with van der Waals surface area (Å²) in [5.74, 6) is 0.405. The molecular weight excluding hydrogens is 254 g/mol. The standard InChI is InChI=1S/C16H23NO3/c1-10(2)16(13(5)18)17-15(19)9-20-14-7-6-11(3)12(4)8-14/h6-8,10,16H,9H2,1-5H3,(H,17,19). The third kappa shape index (κ3) is 4.68. The average molecular weight is 277 g/mol. The lowest BCUT2D eigenvalue weighted by atomic mass is 10.0. The van der Waals surface area contributed by atoms with Gasteiger partial charge in [-0.3, -0.25) is 9.59 Å². The van der Waals surface area contributed by atoms with Gasteiger partial charge < -0.3 is 10.1 Å². The molecule has 1 N–H and O–H groups in total. The molecule has 1 unspecified atom stereocenters. The quantitative estimate of drug-likeness (QED) is 0.868. The van der Waals surface area contributed by atoms with Gasteiger partial charge in [-0.05, 0) is 49.9 Å². The summed E-state index contributed by atoms with van der Waals surface area (Å²) in [6.07, 6.45) is 0. The molecule has 0 aromatic heterocycles. The maximum Gasteiger partial charge on any atom is 0.258 e. The monoisotopic (exact) mass is 277 g/mol. The van der Waals surface area contributed by atoms with Crippen molar-refractivity contribution in [2.75, 3.05) is 6.61 Å². The summed E-state index contributed by atoms with van der Waals surface area (Å²) in [7, 11) is 0. The fourth-order valence-corrected chi connectivity index (χ4v) is 1.91. The molecule has 4 heteroatoms. The van der Waals surface area contributed by atoms with Gasteiger partial charge in [0.2, 0.25) is 0 Å². The molecule has 4 nitrogen and oxygen atoms in total. The van der Waals surface area contributed by atoms with Gasteiger partial charge in [0.15, 0.2) is 12.4 Å². The summed E-state index contributed by atoms with van der Waals surface area (Å²) in [6.45, 7) is 9.21. The third-order valence-electron chi connectivity index (χ3n) is 3.27. The van der Waals surface area contributed by atoms with Crippen molar-refractivity contribution < 1.29 is 14.3 Å². The second-order valence-electron chi connectivity index (χ2n) is 5.43. The molecule has 0 aliphatic heterocycles. The number of carbonyl (C=O) groups is 2. The minimum absolute atomic E-state index is 0.0421. The summed E-state index contributed by atoms with van der Waals surface area (Å²) in [4.78, 5) is 23.2. The predicted molar refractivity (Wildman–Crippen MR) is 78.9 cm³/mol. The molecule has 1 aromatic rings. The highest BCUT2D eigenvalue weighted by Crippen LogP contribution is 2.16. The van der Waals surface area contributed by atoms with E-state index in [1.54, 1.807) is 0 Å². The zero-order chi connectivity index (χ0) is 15.3. The van der Waals surface area contributed by atoms with Crippen molar-refractivity contribution in [3.8, 4) is 5.75 Å². The molecule has 1 atom stereocenters. The Morgan fingerprint density at radius 3 is 2.35 bits per heavy atom. The van der Waals surface area contributed by atoms with Gasteiger partial charge in [0.25, 0.3) is 5.91 Å². The molecule has 0 fully saturated rings. The summed E-state index contributed by atoms with van der Waals surface area (Å²) < 4.78 is 5.44. The van der Waals surface area contributed by atoms with Crippen LogP contribution in [0.5, 0.6) is 5.75 Å². The number of amides is 1. The van der Waals surface area contributed by atoms with E-state index in [9.17, 15) is 9.59 Å². The summed E-state index contributed by atoms with van der Waals surface area (Å²) >= 11 is 0. The lowest BCUT2D eigenvalue weighted by Gasteiger charge is -2.19. The average Bonchev–Trinajstić information content (AvgIpc) is 2.36. The first kappa shape index (κ1) is 16.2. The van der Waals surface area contributed by atoms with E-state index in [-0.39, 0.29) is 24.2 Å². The summed E-state index contributed by atoms with van der Waals surface area (Å²) in [6, 6.07) is 5.23. The van der Waals surface area contributed by atoms with E-state index < -0.39 is 6.04 Å². The second-order valence-corrected chi connectivity index (χ2v) is 5.43. The van der Waals surface area contributed by atoms with Crippen LogP contribution in [0.2, 0.25) is 0 Å². The highest BCUT2D eigenvalue weighted by molar-refractivity contribution is 5.88. The number of hydrogen-bond donors (Lipinski definition) is 1. The van der Waals surface area contributed by atoms with Gasteiger partial charge in [-0.15, -0.1) is 0 Å². The van der Waals surface area contributed by atoms with E-state index in [2.05, 4.69) is 5.32 Å². The highest BCUT2D eigenvalue weighted by Gasteiger charge is 2.20. The molecule has 0 saturated carbocycles. The van der Waals surface area contributed by atoms with Crippen molar-refractivity contribution in [3.63, 3.8) is 0 Å². The van der Waals surface area contributed by atoms with Crippen LogP contribution in [0, 0.1) is 19.8 Å². The van der Waals surface area contributed by atoms with Crippen molar-refractivity contribution in [2.45, 2.75) is 40.7 Å². The molecule has 0 aliphatic carbocycles. The lowest BCUT2D eigenvalue weighted by molar-refractivity contribution is -0.129. The van der Waals surface area contributed by atoms with Crippen LogP contribution in [0.1, 0.15) is 31.9 Å². The van der Waals surface area contributed by atoms with Crippen molar-refractivity contribution in [3.05, 3.63) is 29.3 Å². The van der Waals surface area contributed by atoms with Crippen LogP contribution >= 0.6 is 0 Å². The van der Waals surface area contributed by atoms with E-state index in [1.807, 2.05) is 45.9 Å². The number of carbonyl (C=O) groups excluding carboxylic acids is 2. The third-order valence-corrected chi connectivity index (χ3v) is 3.27. The minimum atomic E-state index is -0.453. The van der Waals surface area contributed by atoms with Crippen LogP contribution < -0.4 is 10.1 Å². The van der Waals surface area contributed by atoms with Gasteiger partial charge in [-0.2, -0.15) is 0 Å². The van der Waals surface area contributed by atoms with Crippen LogP contribution in [-0.2, 0) is 9.59 Å². The first-order valence-corrected chi connectivity index (χ1v) is 6.81. The Labute approximate surface area is 120 Å². The molecule has 0 saturated heterocycles. The Kier molecular flexibility index (Phi) is 5.74. The number of Topliss-reactive ketones (excluding diaryl/α,β-unsaturated/α-hetero) is 1. The highest BCUT2D eigenvalue weighted by atomic mass is 16.5. The normalized spacial score (nSPS) is 12.1. The van der Waals surface area contributed by atoms with E-state index in [4.69, 9.17) is 4.74 Å². The van der Waals surface area contributed by atoms with Crippen LogP contribution in [0.15, 0.2) is 18.2 Å². The van der Waals surface area contributed by atoms with Crippen LogP contribution in [0.4, 0.5) is 0 Å². The molecule has 110 valence electrons.